The predicted molar refractivity (Wildman–Crippen MR) is 61.2 cm³/mol. The van der Waals surface area contributed by atoms with Gasteiger partial charge in [-0.15, -0.1) is 11.6 Å². The van der Waals surface area contributed by atoms with Crippen molar-refractivity contribution in [2.75, 3.05) is 12.5 Å². The van der Waals surface area contributed by atoms with Gasteiger partial charge >= 0.3 is 0 Å². The highest BCUT2D eigenvalue weighted by Gasteiger charge is 1.99. The molecule has 14 heavy (non-hydrogen) atoms. The van der Waals surface area contributed by atoms with Gasteiger partial charge in [-0.1, -0.05) is 26.0 Å². The molecule has 0 atom stereocenters. The van der Waals surface area contributed by atoms with E-state index in [1.807, 2.05) is 12.1 Å². The summed E-state index contributed by atoms with van der Waals surface area (Å²) in [5, 5.41) is 0. The third kappa shape index (κ3) is 4.01. The van der Waals surface area contributed by atoms with Crippen LogP contribution in [0.15, 0.2) is 24.3 Å². The van der Waals surface area contributed by atoms with Gasteiger partial charge in [-0.2, -0.15) is 0 Å². The van der Waals surface area contributed by atoms with E-state index in [9.17, 15) is 0 Å². The standard InChI is InChI=1S/C12H17ClO/c1-10(2)8-11-4-3-5-12(9-11)14-7-6-13/h3-5,9-10H,6-8H2,1-2H3. The molecule has 2 heteroatoms. The van der Waals surface area contributed by atoms with Crippen molar-refractivity contribution < 1.29 is 4.74 Å². The third-order valence-electron chi connectivity index (χ3n) is 1.89. The van der Waals surface area contributed by atoms with Crippen LogP contribution < -0.4 is 4.74 Å². The molecule has 0 fully saturated rings. The summed E-state index contributed by atoms with van der Waals surface area (Å²) < 4.78 is 5.45. The maximum absolute atomic E-state index is 5.55. The second-order valence-corrected chi connectivity index (χ2v) is 4.16. The van der Waals surface area contributed by atoms with Crippen molar-refractivity contribution in [1.82, 2.24) is 0 Å². The van der Waals surface area contributed by atoms with Crippen LogP contribution >= 0.6 is 11.6 Å². The van der Waals surface area contributed by atoms with Crippen molar-refractivity contribution in [3.63, 3.8) is 0 Å². The van der Waals surface area contributed by atoms with E-state index >= 15 is 0 Å². The molecule has 0 saturated heterocycles. The minimum absolute atomic E-state index is 0.536. The highest BCUT2D eigenvalue weighted by molar-refractivity contribution is 6.17. The summed E-state index contributed by atoms with van der Waals surface area (Å²) in [6, 6.07) is 8.22. The Labute approximate surface area is 91.0 Å². The van der Waals surface area contributed by atoms with Gasteiger partial charge in [0.2, 0.25) is 0 Å². The molecule has 0 saturated carbocycles. The van der Waals surface area contributed by atoms with Crippen molar-refractivity contribution in [2.24, 2.45) is 5.92 Å². The highest BCUT2D eigenvalue weighted by Crippen LogP contribution is 2.16. The smallest absolute Gasteiger partial charge is 0.119 e. The van der Waals surface area contributed by atoms with E-state index in [1.54, 1.807) is 0 Å². The van der Waals surface area contributed by atoms with Crippen LogP contribution in [0.25, 0.3) is 0 Å². The molecule has 0 N–H and O–H groups in total. The van der Waals surface area contributed by atoms with E-state index in [0.29, 0.717) is 18.4 Å². The monoisotopic (exact) mass is 212 g/mol. The first-order chi connectivity index (χ1) is 6.72. The zero-order valence-electron chi connectivity index (χ0n) is 8.79. The third-order valence-corrected chi connectivity index (χ3v) is 2.04. The molecule has 1 aromatic carbocycles. The van der Waals surface area contributed by atoms with Gasteiger partial charge in [0.25, 0.3) is 0 Å². The lowest BCUT2D eigenvalue weighted by atomic mass is 10.0. The van der Waals surface area contributed by atoms with Gasteiger partial charge in [-0.25, -0.2) is 0 Å². The minimum atomic E-state index is 0.536. The largest absolute Gasteiger partial charge is 0.492 e. The van der Waals surface area contributed by atoms with Gasteiger partial charge in [-0.3, -0.25) is 0 Å². The molecule has 0 bridgehead atoms. The molecule has 0 aliphatic heterocycles. The Morgan fingerprint density at radius 2 is 2.14 bits per heavy atom. The number of rotatable bonds is 5. The predicted octanol–water partition coefficient (Wildman–Crippen LogP) is 3.50. The molecular weight excluding hydrogens is 196 g/mol. The lowest BCUT2D eigenvalue weighted by Gasteiger charge is -2.08. The average molecular weight is 213 g/mol. The fourth-order valence-electron chi connectivity index (χ4n) is 1.39. The molecule has 1 nitrogen and oxygen atoms in total. The molecular formula is C12H17ClO. The first-order valence-electron chi connectivity index (χ1n) is 5.00. The molecule has 0 spiro atoms. The number of benzene rings is 1. The van der Waals surface area contributed by atoms with Crippen LogP contribution in [0, 0.1) is 5.92 Å². The summed E-state index contributed by atoms with van der Waals surface area (Å²) in [6.45, 7) is 5.01. The first-order valence-corrected chi connectivity index (χ1v) is 5.53. The molecule has 0 radical (unpaired) electrons. The van der Waals surface area contributed by atoms with Crippen molar-refractivity contribution >= 4 is 11.6 Å². The summed E-state index contributed by atoms with van der Waals surface area (Å²) in [5.41, 5.74) is 1.33. The summed E-state index contributed by atoms with van der Waals surface area (Å²) in [6.07, 6.45) is 1.10. The quantitative estimate of drug-likeness (QED) is 0.679. The Bertz CT molecular complexity index is 271. The SMILES string of the molecule is CC(C)Cc1cccc(OCCCl)c1. The molecule has 0 aromatic heterocycles. The lowest BCUT2D eigenvalue weighted by molar-refractivity contribution is 0.342. The zero-order valence-corrected chi connectivity index (χ0v) is 9.55. The van der Waals surface area contributed by atoms with Gasteiger partial charge in [-0.05, 0) is 30.0 Å². The van der Waals surface area contributed by atoms with E-state index < -0.39 is 0 Å². The van der Waals surface area contributed by atoms with Crippen LogP contribution in [0.3, 0.4) is 0 Å². The van der Waals surface area contributed by atoms with Crippen LogP contribution in [-0.4, -0.2) is 12.5 Å². The molecule has 0 amide bonds. The molecule has 0 heterocycles. The Kier molecular flexibility index (Phi) is 4.81. The average Bonchev–Trinajstić information content (AvgIpc) is 2.14. The second-order valence-electron chi connectivity index (χ2n) is 3.78. The fourth-order valence-corrected chi connectivity index (χ4v) is 1.47. The van der Waals surface area contributed by atoms with Crippen LogP contribution in [-0.2, 0) is 6.42 Å². The number of halogens is 1. The molecule has 0 aliphatic carbocycles. The summed E-state index contributed by atoms with van der Waals surface area (Å²) in [4.78, 5) is 0. The summed E-state index contributed by atoms with van der Waals surface area (Å²) >= 11 is 5.55. The first kappa shape index (κ1) is 11.4. The number of alkyl halides is 1. The highest BCUT2D eigenvalue weighted by atomic mass is 35.5. The maximum atomic E-state index is 5.55. The van der Waals surface area contributed by atoms with Gasteiger partial charge in [0.05, 0.1) is 5.88 Å². The normalized spacial score (nSPS) is 10.6. The van der Waals surface area contributed by atoms with Gasteiger partial charge < -0.3 is 4.74 Å². The van der Waals surface area contributed by atoms with Crippen LogP contribution in [0.2, 0.25) is 0 Å². The number of hydrogen-bond acceptors (Lipinski definition) is 1. The zero-order chi connectivity index (χ0) is 10.4. The van der Waals surface area contributed by atoms with E-state index in [2.05, 4.69) is 26.0 Å². The lowest BCUT2D eigenvalue weighted by Crippen LogP contribution is -1.99. The Morgan fingerprint density at radius 1 is 1.36 bits per heavy atom. The van der Waals surface area contributed by atoms with Crippen molar-refractivity contribution in [1.29, 1.82) is 0 Å². The Morgan fingerprint density at radius 3 is 2.79 bits per heavy atom. The van der Waals surface area contributed by atoms with Crippen molar-refractivity contribution in [2.45, 2.75) is 20.3 Å². The molecule has 78 valence electrons. The minimum Gasteiger partial charge on any atom is -0.492 e. The molecule has 1 rings (SSSR count). The molecule has 0 aliphatic rings. The second kappa shape index (κ2) is 5.92. The van der Waals surface area contributed by atoms with Crippen LogP contribution in [0.5, 0.6) is 5.75 Å². The molecule has 1 aromatic rings. The molecule has 0 unspecified atom stereocenters. The topological polar surface area (TPSA) is 9.23 Å². The van der Waals surface area contributed by atoms with Crippen LogP contribution in [0.1, 0.15) is 19.4 Å². The summed E-state index contributed by atoms with van der Waals surface area (Å²) in [7, 11) is 0. The van der Waals surface area contributed by atoms with Crippen LogP contribution in [0.4, 0.5) is 0 Å². The van der Waals surface area contributed by atoms with E-state index in [4.69, 9.17) is 16.3 Å². The van der Waals surface area contributed by atoms with Gasteiger partial charge in [0.1, 0.15) is 12.4 Å². The number of ether oxygens (including phenoxy) is 1. The van der Waals surface area contributed by atoms with Crippen molar-refractivity contribution in [3.05, 3.63) is 29.8 Å². The van der Waals surface area contributed by atoms with E-state index in [-0.39, 0.29) is 0 Å². The Hall–Kier alpha value is -0.690. The van der Waals surface area contributed by atoms with Gasteiger partial charge in [0.15, 0.2) is 0 Å². The van der Waals surface area contributed by atoms with E-state index in [1.165, 1.54) is 5.56 Å². The van der Waals surface area contributed by atoms with E-state index in [0.717, 1.165) is 12.2 Å². The number of hydrogen-bond donors (Lipinski definition) is 0. The van der Waals surface area contributed by atoms with Gasteiger partial charge in [0, 0.05) is 0 Å². The van der Waals surface area contributed by atoms with Crippen molar-refractivity contribution in [3.8, 4) is 5.75 Å². The summed E-state index contributed by atoms with van der Waals surface area (Å²) in [5.74, 6) is 2.14. The Balaban J connectivity index is 2.59. The fraction of sp³-hybridized carbons (Fsp3) is 0.500. The maximum Gasteiger partial charge on any atom is 0.119 e.